The first-order chi connectivity index (χ1) is 12.5. The summed E-state index contributed by atoms with van der Waals surface area (Å²) in [6, 6.07) is 6.02. The van der Waals surface area contributed by atoms with Crippen molar-refractivity contribution in [2.24, 2.45) is 5.92 Å². The fourth-order valence-electron chi connectivity index (χ4n) is 3.90. The van der Waals surface area contributed by atoms with E-state index in [4.69, 9.17) is 4.74 Å². The monoisotopic (exact) mass is 358 g/mol. The lowest BCUT2D eigenvalue weighted by Gasteiger charge is -2.23. The van der Waals surface area contributed by atoms with E-state index in [-0.39, 0.29) is 30.9 Å². The Kier molecular flexibility index (Phi) is 5.59. The van der Waals surface area contributed by atoms with E-state index in [1.54, 1.807) is 0 Å². The summed E-state index contributed by atoms with van der Waals surface area (Å²) >= 11 is 0. The molecule has 1 heterocycles. The Morgan fingerprint density at radius 2 is 1.85 bits per heavy atom. The molecule has 2 aliphatic rings. The molecule has 1 aromatic rings. The number of likely N-dealkylation sites (tertiary alicyclic amines) is 1. The van der Waals surface area contributed by atoms with E-state index in [0.29, 0.717) is 6.54 Å². The smallest absolute Gasteiger partial charge is 0.311 e. The van der Waals surface area contributed by atoms with Gasteiger partial charge >= 0.3 is 5.97 Å². The van der Waals surface area contributed by atoms with Gasteiger partial charge in [0.25, 0.3) is 5.91 Å². The van der Waals surface area contributed by atoms with Crippen LogP contribution in [0.3, 0.4) is 0 Å². The van der Waals surface area contributed by atoms with Gasteiger partial charge in [0, 0.05) is 24.7 Å². The number of rotatable bonds is 5. The van der Waals surface area contributed by atoms with Gasteiger partial charge in [-0.1, -0.05) is 31.0 Å². The molecule has 1 aromatic carbocycles. The fraction of sp³-hybridized carbons (Fsp3) is 0.550. The van der Waals surface area contributed by atoms with Gasteiger partial charge < -0.3 is 15.0 Å². The number of anilines is 1. The standard InChI is InChI=1S/C20H26N2O4/c1-13-6-5-7-14(2)19(13)21-17(23)12-26-20(25)15-10-18(24)22(11-15)16-8-3-4-9-16/h5-7,15-16H,3-4,8-12H2,1-2H3,(H,21,23)/t15-/m0/s1. The average Bonchev–Trinajstić information content (AvgIpc) is 3.25. The maximum absolute atomic E-state index is 12.3. The van der Waals surface area contributed by atoms with Crippen molar-refractivity contribution in [3.63, 3.8) is 0 Å². The number of hydrogen-bond acceptors (Lipinski definition) is 4. The lowest BCUT2D eigenvalue weighted by atomic mass is 10.1. The van der Waals surface area contributed by atoms with E-state index in [1.807, 2.05) is 36.9 Å². The Hall–Kier alpha value is -2.37. The summed E-state index contributed by atoms with van der Waals surface area (Å²) in [5, 5.41) is 2.79. The van der Waals surface area contributed by atoms with Crippen molar-refractivity contribution in [3.8, 4) is 0 Å². The lowest BCUT2D eigenvalue weighted by molar-refractivity contribution is -0.151. The van der Waals surface area contributed by atoms with E-state index < -0.39 is 11.9 Å². The quantitative estimate of drug-likeness (QED) is 0.821. The summed E-state index contributed by atoms with van der Waals surface area (Å²) < 4.78 is 5.17. The van der Waals surface area contributed by atoms with Crippen LogP contribution in [0.15, 0.2) is 18.2 Å². The highest BCUT2D eigenvalue weighted by Gasteiger charge is 2.39. The van der Waals surface area contributed by atoms with E-state index in [0.717, 1.165) is 42.5 Å². The maximum Gasteiger partial charge on any atom is 0.311 e. The van der Waals surface area contributed by atoms with E-state index in [2.05, 4.69) is 5.32 Å². The van der Waals surface area contributed by atoms with Crippen molar-refractivity contribution in [3.05, 3.63) is 29.3 Å². The van der Waals surface area contributed by atoms with Gasteiger partial charge in [-0.25, -0.2) is 0 Å². The average molecular weight is 358 g/mol. The second-order valence-corrected chi connectivity index (χ2v) is 7.31. The van der Waals surface area contributed by atoms with Crippen LogP contribution in [-0.2, 0) is 19.1 Å². The molecule has 0 spiro atoms. The molecule has 26 heavy (non-hydrogen) atoms. The number of nitrogens with zero attached hydrogens (tertiary/aromatic N) is 1. The van der Waals surface area contributed by atoms with Gasteiger partial charge in [-0.2, -0.15) is 0 Å². The molecule has 1 N–H and O–H groups in total. The second kappa shape index (κ2) is 7.89. The molecular weight excluding hydrogens is 332 g/mol. The Bertz CT molecular complexity index is 690. The zero-order valence-electron chi connectivity index (χ0n) is 15.4. The minimum atomic E-state index is -0.462. The molecule has 6 heteroatoms. The molecule has 0 bridgehead atoms. The van der Waals surface area contributed by atoms with Crippen LogP contribution < -0.4 is 5.32 Å². The van der Waals surface area contributed by atoms with Crippen LogP contribution in [0, 0.1) is 19.8 Å². The molecule has 1 aliphatic carbocycles. The lowest BCUT2D eigenvalue weighted by Crippen LogP contribution is -2.35. The van der Waals surface area contributed by atoms with Gasteiger partial charge in [0.15, 0.2) is 6.61 Å². The summed E-state index contributed by atoms with van der Waals surface area (Å²) in [5.74, 6) is -1.27. The molecule has 0 unspecified atom stereocenters. The van der Waals surface area contributed by atoms with E-state index in [9.17, 15) is 14.4 Å². The molecule has 6 nitrogen and oxygen atoms in total. The van der Waals surface area contributed by atoms with Crippen LogP contribution in [0.25, 0.3) is 0 Å². The number of nitrogens with one attached hydrogen (secondary N) is 1. The van der Waals surface area contributed by atoms with Gasteiger partial charge in [0.2, 0.25) is 5.91 Å². The van der Waals surface area contributed by atoms with E-state index in [1.165, 1.54) is 0 Å². The number of carbonyl (C=O) groups excluding carboxylic acids is 3. The summed E-state index contributed by atoms with van der Waals surface area (Å²) in [6.45, 7) is 3.91. The van der Waals surface area contributed by atoms with Crippen LogP contribution >= 0.6 is 0 Å². The largest absolute Gasteiger partial charge is 0.455 e. The van der Waals surface area contributed by atoms with Crippen molar-refractivity contribution < 1.29 is 19.1 Å². The van der Waals surface area contributed by atoms with Gasteiger partial charge in [0.05, 0.1) is 5.92 Å². The third-order valence-corrected chi connectivity index (χ3v) is 5.35. The van der Waals surface area contributed by atoms with Crippen LogP contribution in [0.1, 0.15) is 43.2 Å². The molecule has 3 rings (SSSR count). The van der Waals surface area contributed by atoms with Crippen molar-refractivity contribution >= 4 is 23.5 Å². The van der Waals surface area contributed by atoms with Crippen LogP contribution in [0.4, 0.5) is 5.69 Å². The molecule has 0 aromatic heterocycles. The van der Waals surface area contributed by atoms with Gasteiger partial charge in [0.1, 0.15) is 0 Å². The third-order valence-electron chi connectivity index (χ3n) is 5.35. The van der Waals surface area contributed by atoms with Gasteiger partial charge in [-0.05, 0) is 37.8 Å². The minimum Gasteiger partial charge on any atom is -0.455 e. The highest BCUT2D eigenvalue weighted by atomic mass is 16.5. The third kappa shape index (κ3) is 4.06. The molecule has 140 valence electrons. The molecule has 2 fully saturated rings. The number of ether oxygens (including phenoxy) is 1. The number of esters is 1. The molecule has 1 saturated carbocycles. The summed E-state index contributed by atoms with van der Waals surface area (Å²) in [6.07, 6.45) is 4.51. The van der Waals surface area contributed by atoms with Crippen LogP contribution in [0.2, 0.25) is 0 Å². The Labute approximate surface area is 153 Å². The molecular formula is C20H26N2O4. The van der Waals surface area contributed by atoms with E-state index >= 15 is 0 Å². The number of aryl methyl sites for hydroxylation is 2. The van der Waals surface area contributed by atoms with Crippen molar-refractivity contribution in [1.29, 1.82) is 0 Å². The second-order valence-electron chi connectivity index (χ2n) is 7.31. The first-order valence-corrected chi connectivity index (χ1v) is 9.28. The molecule has 0 radical (unpaired) electrons. The SMILES string of the molecule is Cc1cccc(C)c1NC(=O)COC(=O)[C@H]1CC(=O)N(C2CCCC2)C1. The van der Waals surface area contributed by atoms with Gasteiger partial charge in [-0.15, -0.1) is 0 Å². The Balaban J connectivity index is 1.49. The summed E-state index contributed by atoms with van der Waals surface area (Å²) in [7, 11) is 0. The normalized spacial score (nSPS) is 20.5. The molecule has 1 aliphatic heterocycles. The van der Waals surface area contributed by atoms with Crippen LogP contribution in [-0.4, -0.2) is 41.9 Å². The highest BCUT2D eigenvalue weighted by Crippen LogP contribution is 2.29. The zero-order valence-corrected chi connectivity index (χ0v) is 15.4. The highest BCUT2D eigenvalue weighted by molar-refractivity contribution is 5.95. The summed E-state index contributed by atoms with van der Waals surface area (Å²) in [5.41, 5.74) is 2.66. The zero-order chi connectivity index (χ0) is 18.7. The number of hydrogen-bond donors (Lipinski definition) is 1. The van der Waals surface area contributed by atoms with Crippen molar-refractivity contribution in [1.82, 2.24) is 4.90 Å². The Morgan fingerprint density at radius 3 is 2.50 bits per heavy atom. The first kappa shape index (κ1) is 18.4. The number of benzene rings is 1. The minimum absolute atomic E-state index is 0.0267. The maximum atomic E-state index is 12.3. The number of para-hydroxylation sites is 1. The Morgan fingerprint density at radius 1 is 1.19 bits per heavy atom. The first-order valence-electron chi connectivity index (χ1n) is 9.28. The topological polar surface area (TPSA) is 75.7 Å². The molecule has 1 atom stereocenters. The number of amides is 2. The van der Waals surface area contributed by atoms with Crippen molar-refractivity contribution in [2.75, 3.05) is 18.5 Å². The molecule has 1 saturated heterocycles. The van der Waals surface area contributed by atoms with Crippen LogP contribution in [0.5, 0.6) is 0 Å². The fourth-order valence-corrected chi connectivity index (χ4v) is 3.90. The number of carbonyl (C=O) groups is 3. The summed E-state index contributed by atoms with van der Waals surface area (Å²) in [4.78, 5) is 38.4. The predicted octanol–water partition coefficient (Wildman–Crippen LogP) is 2.58. The van der Waals surface area contributed by atoms with Gasteiger partial charge in [-0.3, -0.25) is 14.4 Å². The van der Waals surface area contributed by atoms with Crippen molar-refractivity contribution in [2.45, 2.75) is 52.0 Å². The molecule has 2 amide bonds. The predicted molar refractivity (Wildman–Crippen MR) is 97.6 cm³/mol.